The van der Waals surface area contributed by atoms with E-state index in [9.17, 15) is 4.79 Å². The van der Waals surface area contributed by atoms with Crippen LogP contribution in [0.15, 0.2) is 30.3 Å². The van der Waals surface area contributed by atoms with Gasteiger partial charge in [0.05, 0.1) is 6.61 Å². The lowest BCUT2D eigenvalue weighted by molar-refractivity contribution is 0.0690. The number of carboxylic acids is 1. The Kier molecular flexibility index (Phi) is 4.18. The zero-order valence-electron chi connectivity index (χ0n) is 10.7. The Morgan fingerprint density at radius 1 is 1.37 bits per heavy atom. The van der Waals surface area contributed by atoms with Crippen LogP contribution in [-0.4, -0.2) is 27.9 Å². The summed E-state index contributed by atoms with van der Waals surface area (Å²) >= 11 is 0. The number of aryl methyl sites for hydroxylation is 1. The molecule has 0 aliphatic rings. The summed E-state index contributed by atoms with van der Waals surface area (Å²) in [6.45, 7) is 2.58. The molecule has 0 radical (unpaired) electrons. The molecule has 1 aromatic heterocycles. The average Bonchev–Trinajstić information content (AvgIpc) is 2.89. The van der Waals surface area contributed by atoms with E-state index >= 15 is 0 Å². The van der Waals surface area contributed by atoms with Gasteiger partial charge in [-0.1, -0.05) is 19.1 Å². The molecular formula is C14H16N2O3. The Bertz CT molecular complexity index is 546. The first kappa shape index (κ1) is 13.1. The molecule has 2 N–H and O–H groups in total. The Morgan fingerprint density at radius 2 is 2.11 bits per heavy atom. The van der Waals surface area contributed by atoms with Crippen LogP contribution < -0.4 is 4.74 Å². The van der Waals surface area contributed by atoms with Crippen molar-refractivity contribution in [1.29, 1.82) is 0 Å². The van der Waals surface area contributed by atoms with Crippen molar-refractivity contribution in [3.63, 3.8) is 0 Å². The molecule has 0 atom stereocenters. The summed E-state index contributed by atoms with van der Waals surface area (Å²) in [5, 5.41) is 15.1. The summed E-state index contributed by atoms with van der Waals surface area (Å²) in [6.07, 6.45) is 1.60. The number of hydrogen-bond acceptors (Lipinski definition) is 3. The molecular weight excluding hydrogens is 244 g/mol. The van der Waals surface area contributed by atoms with Crippen molar-refractivity contribution in [2.75, 3.05) is 6.61 Å². The maximum Gasteiger partial charge on any atom is 0.356 e. The molecule has 0 aliphatic carbocycles. The van der Waals surface area contributed by atoms with Crippen molar-refractivity contribution in [2.45, 2.75) is 19.8 Å². The van der Waals surface area contributed by atoms with Crippen LogP contribution in [0, 0.1) is 0 Å². The van der Waals surface area contributed by atoms with Gasteiger partial charge < -0.3 is 9.84 Å². The highest BCUT2D eigenvalue weighted by Gasteiger charge is 2.07. The van der Waals surface area contributed by atoms with Gasteiger partial charge in [-0.2, -0.15) is 5.10 Å². The number of rotatable bonds is 6. The van der Waals surface area contributed by atoms with Crippen LogP contribution in [0.3, 0.4) is 0 Å². The summed E-state index contributed by atoms with van der Waals surface area (Å²) in [5.41, 5.74) is 2.05. The zero-order valence-corrected chi connectivity index (χ0v) is 10.7. The molecule has 100 valence electrons. The highest BCUT2D eigenvalue weighted by Crippen LogP contribution is 2.13. The average molecular weight is 260 g/mol. The molecule has 0 saturated carbocycles. The van der Waals surface area contributed by atoms with E-state index in [4.69, 9.17) is 9.84 Å². The van der Waals surface area contributed by atoms with Gasteiger partial charge in [0.25, 0.3) is 0 Å². The summed E-state index contributed by atoms with van der Waals surface area (Å²) in [7, 11) is 0. The molecule has 5 heteroatoms. The number of hydrogen-bond donors (Lipinski definition) is 2. The second kappa shape index (κ2) is 6.04. The maximum absolute atomic E-state index is 10.7. The summed E-state index contributed by atoms with van der Waals surface area (Å²) in [4.78, 5) is 10.7. The lowest BCUT2D eigenvalue weighted by Crippen LogP contribution is -2.01. The zero-order chi connectivity index (χ0) is 13.7. The third-order valence-electron chi connectivity index (χ3n) is 2.82. The first-order valence-corrected chi connectivity index (χ1v) is 6.18. The Hall–Kier alpha value is -2.30. The fraction of sp³-hybridized carbons (Fsp3) is 0.286. The second-order valence-corrected chi connectivity index (χ2v) is 4.18. The number of carbonyl (C=O) groups is 1. The van der Waals surface area contributed by atoms with Gasteiger partial charge in [0.15, 0.2) is 5.69 Å². The Labute approximate surface area is 111 Å². The number of ether oxygens (including phenoxy) is 1. The number of nitrogens with zero attached hydrogens (tertiary/aromatic N) is 1. The predicted octanol–water partition coefficient (Wildman–Crippen LogP) is 2.29. The molecule has 0 bridgehead atoms. The fourth-order valence-corrected chi connectivity index (χ4v) is 1.70. The van der Waals surface area contributed by atoms with Gasteiger partial charge in [-0.05, 0) is 30.2 Å². The molecule has 5 nitrogen and oxygen atoms in total. The number of nitrogens with one attached hydrogen (secondary N) is 1. The normalized spacial score (nSPS) is 10.4. The lowest BCUT2D eigenvalue weighted by atomic mass is 10.2. The molecule has 2 aromatic rings. The van der Waals surface area contributed by atoms with Crippen LogP contribution in [0.25, 0.3) is 0 Å². The van der Waals surface area contributed by atoms with E-state index in [-0.39, 0.29) is 5.69 Å². The quantitative estimate of drug-likeness (QED) is 0.835. The molecule has 0 saturated heterocycles. The van der Waals surface area contributed by atoms with E-state index in [1.165, 1.54) is 11.6 Å². The fourth-order valence-electron chi connectivity index (χ4n) is 1.70. The molecule has 1 aromatic carbocycles. The number of aromatic amines is 1. The molecule has 0 amide bonds. The van der Waals surface area contributed by atoms with Gasteiger partial charge in [-0.3, -0.25) is 5.10 Å². The SMILES string of the molecule is CCc1ccc(OCCc2cc(C(=O)O)n[nH]2)cc1. The number of benzene rings is 1. The smallest absolute Gasteiger partial charge is 0.356 e. The van der Waals surface area contributed by atoms with Crippen LogP contribution in [0.1, 0.15) is 28.7 Å². The third-order valence-corrected chi connectivity index (χ3v) is 2.82. The van der Waals surface area contributed by atoms with Crippen LogP contribution >= 0.6 is 0 Å². The van der Waals surface area contributed by atoms with Gasteiger partial charge in [-0.25, -0.2) is 4.79 Å². The van der Waals surface area contributed by atoms with E-state index in [1.807, 2.05) is 24.3 Å². The Balaban J connectivity index is 1.83. The van der Waals surface area contributed by atoms with Crippen molar-refractivity contribution >= 4 is 5.97 Å². The highest BCUT2D eigenvalue weighted by atomic mass is 16.5. The topological polar surface area (TPSA) is 75.2 Å². The molecule has 0 aliphatic heterocycles. The minimum absolute atomic E-state index is 0.0299. The molecule has 19 heavy (non-hydrogen) atoms. The minimum Gasteiger partial charge on any atom is -0.493 e. The van der Waals surface area contributed by atoms with Crippen LogP contribution in [0.4, 0.5) is 0 Å². The number of aromatic nitrogens is 2. The van der Waals surface area contributed by atoms with Gasteiger partial charge in [0, 0.05) is 12.1 Å². The highest BCUT2D eigenvalue weighted by molar-refractivity contribution is 5.85. The molecule has 1 heterocycles. The molecule has 2 rings (SSSR count). The molecule has 0 unspecified atom stereocenters. The van der Waals surface area contributed by atoms with Crippen molar-refractivity contribution in [2.24, 2.45) is 0 Å². The van der Waals surface area contributed by atoms with E-state index in [2.05, 4.69) is 17.1 Å². The van der Waals surface area contributed by atoms with Gasteiger partial charge in [0.2, 0.25) is 0 Å². The van der Waals surface area contributed by atoms with E-state index < -0.39 is 5.97 Å². The summed E-state index contributed by atoms with van der Waals surface area (Å²) in [6, 6.07) is 9.47. The number of H-pyrrole nitrogens is 1. The maximum atomic E-state index is 10.7. The van der Waals surface area contributed by atoms with Crippen LogP contribution in [0.2, 0.25) is 0 Å². The van der Waals surface area contributed by atoms with Gasteiger partial charge in [-0.15, -0.1) is 0 Å². The first-order valence-electron chi connectivity index (χ1n) is 6.18. The minimum atomic E-state index is -1.03. The van der Waals surface area contributed by atoms with Crippen molar-refractivity contribution in [1.82, 2.24) is 10.2 Å². The second-order valence-electron chi connectivity index (χ2n) is 4.18. The standard InChI is InChI=1S/C14H16N2O3/c1-2-10-3-5-12(6-4-10)19-8-7-11-9-13(14(17)18)16-15-11/h3-6,9H,2,7-8H2,1H3,(H,15,16)(H,17,18). The first-order chi connectivity index (χ1) is 9.19. The van der Waals surface area contributed by atoms with Crippen LogP contribution in [0.5, 0.6) is 5.75 Å². The largest absolute Gasteiger partial charge is 0.493 e. The van der Waals surface area contributed by atoms with Gasteiger partial charge in [0.1, 0.15) is 5.75 Å². The predicted molar refractivity (Wildman–Crippen MR) is 70.6 cm³/mol. The summed E-state index contributed by atoms with van der Waals surface area (Å²) < 4.78 is 5.58. The molecule has 0 spiro atoms. The molecule has 0 fully saturated rings. The lowest BCUT2D eigenvalue weighted by Gasteiger charge is -2.05. The van der Waals surface area contributed by atoms with E-state index in [0.29, 0.717) is 13.0 Å². The van der Waals surface area contributed by atoms with Gasteiger partial charge >= 0.3 is 5.97 Å². The van der Waals surface area contributed by atoms with Crippen molar-refractivity contribution in [3.05, 3.63) is 47.3 Å². The third kappa shape index (κ3) is 3.58. The summed E-state index contributed by atoms with van der Waals surface area (Å²) in [5.74, 6) is -0.214. The van der Waals surface area contributed by atoms with Crippen molar-refractivity contribution < 1.29 is 14.6 Å². The monoisotopic (exact) mass is 260 g/mol. The number of carboxylic acid groups (broad SMARTS) is 1. The van der Waals surface area contributed by atoms with Crippen molar-refractivity contribution in [3.8, 4) is 5.75 Å². The Morgan fingerprint density at radius 3 is 2.68 bits per heavy atom. The van der Waals surface area contributed by atoms with Crippen LogP contribution in [-0.2, 0) is 12.8 Å². The van der Waals surface area contributed by atoms with E-state index in [0.717, 1.165) is 17.9 Å². The number of aromatic carboxylic acids is 1. The van der Waals surface area contributed by atoms with E-state index in [1.54, 1.807) is 0 Å².